The van der Waals surface area contributed by atoms with Crippen molar-refractivity contribution in [3.8, 4) is 0 Å². The van der Waals surface area contributed by atoms with Crippen molar-refractivity contribution in [3.05, 3.63) is 0 Å². The van der Waals surface area contributed by atoms with Crippen molar-refractivity contribution in [1.29, 1.82) is 0 Å². The summed E-state index contributed by atoms with van der Waals surface area (Å²) in [7, 11) is 3.87. The van der Waals surface area contributed by atoms with Crippen LogP contribution in [0.3, 0.4) is 0 Å². The molecule has 2 fully saturated rings. The molecule has 1 N–H and O–H groups in total. The van der Waals surface area contributed by atoms with Crippen molar-refractivity contribution in [3.63, 3.8) is 0 Å². The molecule has 2 aliphatic rings. The molecule has 0 heterocycles. The van der Waals surface area contributed by atoms with Crippen LogP contribution in [0.15, 0.2) is 0 Å². The summed E-state index contributed by atoms with van der Waals surface area (Å²) in [6.07, 6.45) is 9.83. The lowest BCUT2D eigenvalue weighted by molar-refractivity contribution is -0.0691. The van der Waals surface area contributed by atoms with Gasteiger partial charge in [0.1, 0.15) is 0 Å². The van der Waals surface area contributed by atoms with E-state index in [1.54, 1.807) is 0 Å². The zero-order valence-electron chi connectivity index (χ0n) is 10.6. The normalized spacial score (nSPS) is 40.1. The number of ether oxygens (including phenoxy) is 2. The van der Waals surface area contributed by atoms with Crippen LogP contribution in [0.5, 0.6) is 0 Å². The van der Waals surface area contributed by atoms with Crippen LogP contribution in [0.1, 0.15) is 44.9 Å². The SMILES string of the molecule is CNC1CCCC1OC1CCCC(OC)C1. The fourth-order valence-electron chi connectivity index (χ4n) is 3.11. The molecule has 16 heavy (non-hydrogen) atoms. The van der Waals surface area contributed by atoms with Gasteiger partial charge in [0.05, 0.1) is 18.3 Å². The van der Waals surface area contributed by atoms with E-state index in [1.165, 1.54) is 38.5 Å². The van der Waals surface area contributed by atoms with Gasteiger partial charge in [0, 0.05) is 13.2 Å². The van der Waals surface area contributed by atoms with E-state index < -0.39 is 0 Å². The Bertz CT molecular complexity index is 210. The molecule has 4 atom stereocenters. The van der Waals surface area contributed by atoms with Crippen LogP contribution in [0, 0.1) is 0 Å². The number of hydrogen-bond acceptors (Lipinski definition) is 3. The maximum absolute atomic E-state index is 6.25. The average Bonchev–Trinajstić information content (AvgIpc) is 2.76. The minimum atomic E-state index is 0.424. The quantitative estimate of drug-likeness (QED) is 0.798. The van der Waals surface area contributed by atoms with Gasteiger partial charge < -0.3 is 14.8 Å². The van der Waals surface area contributed by atoms with E-state index in [0.717, 1.165) is 6.42 Å². The average molecular weight is 227 g/mol. The molecule has 3 heteroatoms. The molecular formula is C13H25NO2. The summed E-state index contributed by atoms with van der Waals surface area (Å²) < 4.78 is 11.7. The maximum atomic E-state index is 6.25. The smallest absolute Gasteiger partial charge is 0.0731 e. The van der Waals surface area contributed by atoms with Crippen LogP contribution < -0.4 is 5.32 Å². The lowest BCUT2D eigenvalue weighted by Crippen LogP contribution is -2.39. The van der Waals surface area contributed by atoms with Crippen molar-refractivity contribution in [2.24, 2.45) is 0 Å². The Morgan fingerprint density at radius 2 is 1.75 bits per heavy atom. The lowest BCUT2D eigenvalue weighted by atomic mass is 9.94. The first-order valence-corrected chi connectivity index (χ1v) is 6.69. The number of likely N-dealkylation sites (N-methyl/N-ethyl adjacent to an activating group) is 1. The summed E-state index contributed by atoms with van der Waals surface area (Å²) in [6.45, 7) is 0. The zero-order chi connectivity index (χ0) is 11.4. The van der Waals surface area contributed by atoms with Gasteiger partial charge in [-0.15, -0.1) is 0 Å². The molecule has 0 bridgehead atoms. The highest BCUT2D eigenvalue weighted by molar-refractivity contribution is 4.85. The van der Waals surface area contributed by atoms with E-state index in [2.05, 4.69) is 5.32 Å². The number of hydrogen-bond donors (Lipinski definition) is 1. The van der Waals surface area contributed by atoms with Crippen molar-refractivity contribution in [2.75, 3.05) is 14.2 Å². The molecule has 0 spiro atoms. The predicted molar refractivity (Wildman–Crippen MR) is 64.6 cm³/mol. The number of nitrogens with one attached hydrogen (secondary N) is 1. The highest BCUT2D eigenvalue weighted by Gasteiger charge is 2.31. The van der Waals surface area contributed by atoms with Gasteiger partial charge in [0.2, 0.25) is 0 Å². The fraction of sp³-hybridized carbons (Fsp3) is 1.00. The van der Waals surface area contributed by atoms with Gasteiger partial charge in [0.25, 0.3) is 0 Å². The van der Waals surface area contributed by atoms with E-state index in [1.807, 2.05) is 14.2 Å². The molecular weight excluding hydrogens is 202 g/mol. The standard InChI is InChI=1S/C13H25NO2/c1-14-12-7-4-8-13(12)16-11-6-3-5-10(9-11)15-2/h10-14H,3-9H2,1-2H3. The summed E-state index contributed by atoms with van der Waals surface area (Å²) in [6, 6.07) is 0.572. The zero-order valence-corrected chi connectivity index (χ0v) is 10.6. The van der Waals surface area contributed by atoms with E-state index in [0.29, 0.717) is 24.4 Å². The molecule has 0 saturated heterocycles. The van der Waals surface area contributed by atoms with Crippen LogP contribution in [0.2, 0.25) is 0 Å². The van der Waals surface area contributed by atoms with Crippen LogP contribution in [-0.2, 0) is 9.47 Å². The van der Waals surface area contributed by atoms with Gasteiger partial charge in [-0.25, -0.2) is 0 Å². The van der Waals surface area contributed by atoms with Gasteiger partial charge in [-0.2, -0.15) is 0 Å². The molecule has 94 valence electrons. The molecule has 0 aromatic rings. The van der Waals surface area contributed by atoms with Crippen LogP contribution in [-0.4, -0.2) is 38.5 Å². The number of rotatable bonds is 4. The second-order valence-corrected chi connectivity index (χ2v) is 5.15. The first-order chi connectivity index (χ1) is 7.83. The maximum Gasteiger partial charge on any atom is 0.0731 e. The van der Waals surface area contributed by atoms with E-state index in [9.17, 15) is 0 Å². The molecule has 2 rings (SSSR count). The van der Waals surface area contributed by atoms with E-state index >= 15 is 0 Å². The van der Waals surface area contributed by atoms with Crippen molar-refractivity contribution < 1.29 is 9.47 Å². The molecule has 4 unspecified atom stereocenters. The second kappa shape index (κ2) is 5.99. The van der Waals surface area contributed by atoms with Crippen molar-refractivity contribution in [2.45, 2.75) is 69.3 Å². The molecule has 0 aliphatic heterocycles. The Hall–Kier alpha value is -0.120. The Labute approximate surface area is 98.9 Å². The third-order valence-electron chi connectivity index (χ3n) is 4.10. The Balaban J connectivity index is 1.79. The van der Waals surface area contributed by atoms with E-state index in [-0.39, 0.29) is 0 Å². The highest BCUT2D eigenvalue weighted by Crippen LogP contribution is 2.29. The summed E-state index contributed by atoms with van der Waals surface area (Å²) in [5, 5.41) is 3.37. The molecule has 2 saturated carbocycles. The van der Waals surface area contributed by atoms with Gasteiger partial charge in [0.15, 0.2) is 0 Å². The fourth-order valence-corrected chi connectivity index (χ4v) is 3.11. The van der Waals surface area contributed by atoms with Gasteiger partial charge in [-0.1, -0.05) is 0 Å². The van der Waals surface area contributed by atoms with Crippen molar-refractivity contribution in [1.82, 2.24) is 5.32 Å². The molecule has 0 aromatic heterocycles. The van der Waals surface area contributed by atoms with Gasteiger partial charge in [-0.3, -0.25) is 0 Å². The van der Waals surface area contributed by atoms with Gasteiger partial charge >= 0.3 is 0 Å². The molecule has 0 aromatic carbocycles. The van der Waals surface area contributed by atoms with Crippen LogP contribution in [0.25, 0.3) is 0 Å². The van der Waals surface area contributed by atoms with Crippen molar-refractivity contribution >= 4 is 0 Å². The summed E-state index contributed by atoms with van der Waals surface area (Å²) in [5.41, 5.74) is 0. The molecule has 0 amide bonds. The minimum Gasteiger partial charge on any atom is -0.381 e. The third kappa shape index (κ3) is 2.96. The Morgan fingerprint density at radius 3 is 2.50 bits per heavy atom. The molecule has 3 nitrogen and oxygen atoms in total. The Morgan fingerprint density at radius 1 is 1.00 bits per heavy atom. The molecule has 2 aliphatic carbocycles. The lowest BCUT2D eigenvalue weighted by Gasteiger charge is -2.32. The summed E-state index contributed by atoms with van der Waals surface area (Å²) >= 11 is 0. The summed E-state index contributed by atoms with van der Waals surface area (Å²) in [5.74, 6) is 0. The summed E-state index contributed by atoms with van der Waals surface area (Å²) in [4.78, 5) is 0. The van der Waals surface area contributed by atoms with Crippen LogP contribution in [0.4, 0.5) is 0 Å². The second-order valence-electron chi connectivity index (χ2n) is 5.15. The predicted octanol–water partition coefficient (Wildman–Crippen LogP) is 2.10. The van der Waals surface area contributed by atoms with Gasteiger partial charge in [-0.05, 0) is 52.0 Å². The first-order valence-electron chi connectivity index (χ1n) is 6.69. The Kier molecular flexibility index (Phi) is 4.62. The monoisotopic (exact) mass is 227 g/mol. The molecule has 0 radical (unpaired) electrons. The van der Waals surface area contributed by atoms with E-state index in [4.69, 9.17) is 9.47 Å². The van der Waals surface area contributed by atoms with Crippen LogP contribution >= 0.6 is 0 Å². The highest BCUT2D eigenvalue weighted by atomic mass is 16.5. The largest absolute Gasteiger partial charge is 0.381 e. The third-order valence-corrected chi connectivity index (χ3v) is 4.10. The number of methoxy groups -OCH3 is 1. The minimum absolute atomic E-state index is 0.424. The first kappa shape index (κ1) is 12.3. The topological polar surface area (TPSA) is 30.5 Å².